The molecule has 0 aromatic heterocycles. The molecule has 0 heterocycles. The molecular formula is C26H37N3O2. The van der Waals surface area contributed by atoms with Crippen molar-refractivity contribution in [1.82, 2.24) is 4.90 Å². The molecular weight excluding hydrogens is 386 g/mol. The molecule has 2 rings (SSSR count). The minimum atomic E-state index is -0.481. The molecule has 31 heavy (non-hydrogen) atoms. The number of amides is 2. The molecule has 2 amide bonds. The number of anilines is 2. The average molecular weight is 424 g/mol. The van der Waals surface area contributed by atoms with Gasteiger partial charge in [0.1, 0.15) is 0 Å². The van der Waals surface area contributed by atoms with E-state index in [9.17, 15) is 9.59 Å². The topological polar surface area (TPSA) is 52.7 Å². The Kier molecular flexibility index (Phi) is 7.88. The van der Waals surface area contributed by atoms with Crippen molar-refractivity contribution in [3.63, 3.8) is 0 Å². The first-order valence-corrected chi connectivity index (χ1v) is 10.9. The predicted molar refractivity (Wildman–Crippen MR) is 130 cm³/mol. The first kappa shape index (κ1) is 24.4. The molecule has 0 fully saturated rings. The molecule has 0 bridgehead atoms. The molecule has 0 spiro atoms. The highest BCUT2D eigenvalue weighted by atomic mass is 16.2. The summed E-state index contributed by atoms with van der Waals surface area (Å²) < 4.78 is 0. The molecule has 0 saturated heterocycles. The van der Waals surface area contributed by atoms with Crippen LogP contribution < -0.4 is 10.2 Å². The number of carbonyl (C=O) groups excluding carboxylic acids is 2. The van der Waals surface area contributed by atoms with E-state index in [2.05, 4.69) is 19.2 Å². The number of hydrogen-bond acceptors (Lipinski definition) is 3. The maximum absolute atomic E-state index is 13.4. The number of hydrogen-bond donors (Lipinski definition) is 1. The van der Waals surface area contributed by atoms with E-state index in [1.807, 2.05) is 94.1 Å². The summed E-state index contributed by atoms with van der Waals surface area (Å²) in [6, 6.07) is 13.6. The molecule has 0 atom stereocenters. The number of benzene rings is 2. The Bertz CT molecular complexity index is 926. The van der Waals surface area contributed by atoms with E-state index in [4.69, 9.17) is 0 Å². The van der Waals surface area contributed by atoms with E-state index in [0.717, 1.165) is 22.5 Å². The summed E-state index contributed by atoms with van der Waals surface area (Å²) in [5.41, 5.74) is 4.05. The van der Waals surface area contributed by atoms with Gasteiger partial charge in [0.2, 0.25) is 5.91 Å². The molecule has 2 aromatic rings. The Morgan fingerprint density at radius 2 is 1.71 bits per heavy atom. The molecule has 0 aliphatic heterocycles. The van der Waals surface area contributed by atoms with Gasteiger partial charge in [-0.3, -0.25) is 9.59 Å². The van der Waals surface area contributed by atoms with Crippen LogP contribution in [0.4, 0.5) is 11.4 Å². The lowest BCUT2D eigenvalue weighted by Crippen LogP contribution is -2.34. The average Bonchev–Trinajstić information content (AvgIpc) is 2.65. The Morgan fingerprint density at radius 3 is 2.26 bits per heavy atom. The quantitative estimate of drug-likeness (QED) is 0.654. The minimum Gasteiger partial charge on any atom is -0.377 e. The minimum absolute atomic E-state index is 0.0197. The van der Waals surface area contributed by atoms with E-state index >= 15 is 0 Å². The van der Waals surface area contributed by atoms with Gasteiger partial charge in [-0.25, -0.2) is 0 Å². The first-order chi connectivity index (χ1) is 14.4. The zero-order valence-electron chi connectivity index (χ0n) is 20.2. The Hall–Kier alpha value is -2.82. The second-order valence-corrected chi connectivity index (χ2v) is 9.89. The first-order valence-electron chi connectivity index (χ1n) is 10.9. The largest absolute Gasteiger partial charge is 0.377 e. The van der Waals surface area contributed by atoms with Gasteiger partial charge >= 0.3 is 0 Å². The molecule has 0 radical (unpaired) electrons. The van der Waals surface area contributed by atoms with Gasteiger partial charge in [-0.2, -0.15) is 0 Å². The van der Waals surface area contributed by atoms with Gasteiger partial charge < -0.3 is 15.1 Å². The summed E-state index contributed by atoms with van der Waals surface area (Å²) in [5, 5.41) is 3.01. The van der Waals surface area contributed by atoms with Crippen molar-refractivity contribution in [3.05, 3.63) is 59.2 Å². The molecule has 0 aliphatic rings. The fourth-order valence-electron chi connectivity index (χ4n) is 3.37. The van der Waals surface area contributed by atoms with Crippen LogP contribution in [0.15, 0.2) is 42.5 Å². The molecule has 5 heteroatoms. The molecule has 1 N–H and O–H groups in total. The highest BCUT2D eigenvalue weighted by Crippen LogP contribution is 2.27. The van der Waals surface area contributed by atoms with Crippen molar-refractivity contribution in [2.45, 2.75) is 48.1 Å². The van der Waals surface area contributed by atoms with E-state index in [1.165, 1.54) is 0 Å². The molecule has 0 aliphatic carbocycles. The van der Waals surface area contributed by atoms with Crippen LogP contribution in [0.25, 0.3) is 0 Å². The fourth-order valence-corrected chi connectivity index (χ4v) is 3.37. The number of rotatable bonds is 7. The Labute approximate surface area is 187 Å². The van der Waals surface area contributed by atoms with Crippen molar-refractivity contribution in [2.75, 3.05) is 30.9 Å². The number of nitrogens with zero attached hydrogens (tertiary/aromatic N) is 2. The second-order valence-electron chi connectivity index (χ2n) is 9.89. The van der Waals surface area contributed by atoms with Crippen LogP contribution in [-0.4, -0.2) is 37.4 Å². The van der Waals surface area contributed by atoms with Crippen LogP contribution in [-0.2, 0) is 11.3 Å². The van der Waals surface area contributed by atoms with Gasteiger partial charge in [0, 0.05) is 49.5 Å². The monoisotopic (exact) mass is 423 g/mol. The summed E-state index contributed by atoms with van der Waals surface area (Å²) in [6.07, 6.45) is 0. The normalized spacial score (nSPS) is 11.4. The van der Waals surface area contributed by atoms with E-state index in [-0.39, 0.29) is 11.8 Å². The van der Waals surface area contributed by atoms with Gasteiger partial charge in [0.25, 0.3) is 5.91 Å². The van der Waals surface area contributed by atoms with Gasteiger partial charge in [0.15, 0.2) is 0 Å². The SMILES string of the molecule is Cc1cccc(C(=O)N(Cc2cc(NC(=O)C(C)(C)C)ccc2N(C)C)CC(C)C)c1. The highest BCUT2D eigenvalue weighted by molar-refractivity contribution is 5.95. The lowest BCUT2D eigenvalue weighted by atomic mass is 9.95. The second kappa shape index (κ2) is 9.99. The van der Waals surface area contributed by atoms with Gasteiger partial charge in [-0.1, -0.05) is 52.3 Å². The van der Waals surface area contributed by atoms with Gasteiger partial charge in [-0.05, 0) is 48.7 Å². The van der Waals surface area contributed by atoms with Gasteiger partial charge in [-0.15, -0.1) is 0 Å². The fraction of sp³-hybridized carbons (Fsp3) is 0.462. The van der Waals surface area contributed by atoms with Crippen molar-refractivity contribution >= 4 is 23.2 Å². The number of nitrogens with one attached hydrogen (secondary N) is 1. The third-order valence-electron chi connectivity index (χ3n) is 5.00. The molecule has 0 saturated carbocycles. The third kappa shape index (κ3) is 6.84. The standard InChI is InChI=1S/C26H37N3O2/c1-18(2)16-29(24(30)20-11-9-10-19(3)14-20)17-21-15-22(12-13-23(21)28(7)8)27-25(31)26(4,5)6/h9-15,18H,16-17H2,1-8H3,(H,27,31). The van der Waals surface area contributed by atoms with Crippen LogP contribution in [0.5, 0.6) is 0 Å². The summed E-state index contributed by atoms with van der Waals surface area (Å²) in [4.78, 5) is 29.8. The van der Waals surface area contributed by atoms with E-state index < -0.39 is 5.41 Å². The maximum Gasteiger partial charge on any atom is 0.254 e. The van der Waals surface area contributed by atoms with Crippen LogP contribution >= 0.6 is 0 Å². The molecule has 5 nitrogen and oxygen atoms in total. The number of carbonyl (C=O) groups is 2. The number of aryl methyl sites for hydroxylation is 1. The van der Waals surface area contributed by atoms with Crippen molar-refractivity contribution in [2.24, 2.45) is 11.3 Å². The van der Waals surface area contributed by atoms with Crippen molar-refractivity contribution < 1.29 is 9.59 Å². The predicted octanol–water partition coefficient (Wildman–Crippen LogP) is 5.34. The molecule has 2 aromatic carbocycles. The van der Waals surface area contributed by atoms with Gasteiger partial charge in [0.05, 0.1) is 0 Å². The Morgan fingerprint density at radius 1 is 1.03 bits per heavy atom. The molecule has 0 unspecified atom stereocenters. The van der Waals surface area contributed by atoms with Crippen molar-refractivity contribution in [3.8, 4) is 0 Å². The van der Waals surface area contributed by atoms with Crippen molar-refractivity contribution in [1.29, 1.82) is 0 Å². The van der Waals surface area contributed by atoms with E-state index in [0.29, 0.717) is 24.6 Å². The zero-order chi connectivity index (χ0) is 23.3. The maximum atomic E-state index is 13.4. The third-order valence-corrected chi connectivity index (χ3v) is 5.00. The summed E-state index contributed by atoms with van der Waals surface area (Å²) in [7, 11) is 3.98. The van der Waals surface area contributed by atoms with Crippen LogP contribution in [0, 0.1) is 18.3 Å². The lowest BCUT2D eigenvalue weighted by molar-refractivity contribution is -0.123. The summed E-state index contributed by atoms with van der Waals surface area (Å²) >= 11 is 0. The smallest absolute Gasteiger partial charge is 0.254 e. The highest BCUT2D eigenvalue weighted by Gasteiger charge is 2.23. The lowest BCUT2D eigenvalue weighted by Gasteiger charge is -2.28. The molecule has 168 valence electrons. The van der Waals surface area contributed by atoms with Crippen LogP contribution in [0.3, 0.4) is 0 Å². The van der Waals surface area contributed by atoms with Crippen LogP contribution in [0.2, 0.25) is 0 Å². The summed E-state index contributed by atoms with van der Waals surface area (Å²) in [5.74, 6) is 0.317. The zero-order valence-corrected chi connectivity index (χ0v) is 20.2. The van der Waals surface area contributed by atoms with E-state index in [1.54, 1.807) is 0 Å². The Balaban J connectivity index is 2.40. The summed E-state index contributed by atoms with van der Waals surface area (Å²) in [6.45, 7) is 13.0. The van der Waals surface area contributed by atoms with Crippen LogP contribution in [0.1, 0.15) is 56.1 Å².